The number of hydrogen-bond acceptors (Lipinski definition) is 5. The van der Waals surface area contributed by atoms with Gasteiger partial charge in [0.05, 0.1) is 11.4 Å². The number of nitrogens with one attached hydrogen (secondary N) is 2. The third kappa shape index (κ3) is 3.92. The second-order valence-corrected chi connectivity index (χ2v) is 10.7. The van der Waals surface area contributed by atoms with Gasteiger partial charge < -0.3 is 11.1 Å². The maximum absolute atomic E-state index is 13.1. The van der Waals surface area contributed by atoms with Crippen LogP contribution in [0, 0.1) is 11.3 Å². The number of nitrogen functional groups attached to an aromatic ring is 1. The van der Waals surface area contributed by atoms with Crippen LogP contribution in [0.2, 0.25) is 0 Å². The van der Waals surface area contributed by atoms with E-state index in [9.17, 15) is 9.59 Å². The molecule has 3 heterocycles. The van der Waals surface area contributed by atoms with Crippen molar-refractivity contribution in [2.45, 2.75) is 46.5 Å². The van der Waals surface area contributed by atoms with Crippen molar-refractivity contribution in [3.05, 3.63) is 69.0 Å². The van der Waals surface area contributed by atoms with Crippen molar-refractivity contribution in [3.63, 3.8) is 0 Å². The Morgan fingerprint density at radius 3 is 2.79 bits per heavy atom. The molecule has 1 amide bonds. The summed E-state index contributed by atoms with van der Waals surface area (Å²) in [6, 6.07) is 12.7. The summed E-state index contributed by atoms with van der Waals surface area (Å²) in [5.74, 6) is 0.565. The Labute approximate surface area is 202 Å². The molecule has 3 aromatic heterocycles. The van der Waals surface area contributed by atoms with E-state index < -0.39 is 0 Å². The van der Waals surface area contributed by atoms with Gasteiger partial charge in [-0.1, -0.05) is 45.4 Å². The standard InChI is InChI=1S/C26H29N5O2S/c1-4-26(2,3)16-10-11-19-15(12-16)13-18-22(27)23(34-25(18)28-19)24(33)29-20-14-21(32)31(30-20)17-8-6-5-7-9-17/h5-9,13-14,16,30H,4,10-12,27H2,1-3H3,(H,29,33). The van der Waals surface area contributed by atoms with Crippen LogP contribution in [0.4, 0.5) is 11.5 Å². The number of aryl methyl sites for hydroxylation is 1. The smallest absolute Gasteiger partial charge is 0.273 e. The molecule has 0 saturated carbocycles. The van der Waals surface area contributed by atoms with Crippen molar-refractivity contribution in [1.29, 1.82) is 0 Å². The molecule has 1 unspecified atom stereocenters. The minimum absolute atomic E-state index is 0.260. The maximum atomic E-state index is 13.1. The van der Waals surface area contributed by atoms with Crippen LogP contribution in [0.5, 0.6) is 0 Å². The maximum Gasteiger partial charge on any atom is 0.273 e. The van der Waals surface area contributed by atoms with Crippen molar-refractivity contribution in [2.75, 3.05) is 11.1 Å². The molecule has 0 radical (unpaired) electrons. The largest absolute Gasteiger partial charge is 0.397 e. The lowest BCUT2D eigenvalue weighted by molar-refractivity contribution is 0.103. The first kappa shape index (κ1) is 22.4. The van der Waals surface area contributed by atoms with Gasteiger partial charge in [0, 0.05) is 17.1 Å². The summed E-state index contributed by atoms with van der Waals surface area (Å²) in [5, 5.41) is 6.56. The number of aromatic amines is 1. The number of para-hydroxylation sites is 1. The van der Waals surface area contributed by atoms with Gasteiger partial charge >= 0.3 is 0 Å². The number of carbonyl (C=O) groups is 1. The van der Waals surface area contributed by atoms with Crippen LogP contribution in [0.25, 0.3) is 15.9 Å². The zero-order valence-electron chi connectivity index (χ0n) is 19.6. The molecule has 0 spiro atoms. The summed E-state index contributed by atoms with van der Waals surface area (Å²) < 4.78 is 1.38. The van der Waals surface area contributed by atoms with E-state index in [4.69, 9.17) is 10.7 Å². The number of anilines is 2. The van der Waals surface area contributed by atoms with E-state index in [2.05, 4.69) is 37.3 Å². The number of aromatic nitrogens is 3. The van der Waals surface area contributed by atoms with Crippen LogP contribution < -0.4 is 16.6 Å². The first-order chi connectivity index (χ1) is 16.3. The van der Waals surface area contributed by atoms with Crippen molar-refractivity contribution < 1.29 is 4.79 Å². The Hall–Kier alpha value is -3.39. The number of hydrogen-bond donors (Lipinski definition) is 3. The van der Waals surface area contributed by atoms with E-state index in [1.165, 1.54) is 27.6 Å². The number of benzene rings is 1. The van der Waals surface area contributed by atoms with E-state index in [1.54, 1.807) is 0 Å². The lowest BCUT2D eigenvalue weighted by Gasteiger charge is -2.36. The number of rotatable bonds is 5. The van der Waals surface area contributed by atoms with E-state index in [-0.39, 0.29) is 16.9 Å². The predicted molar refractivity (Wildman–Crippen MR) is 138 cm³/mol. The highest BCUT2D eigenvalue weighted by Crippen LogP contribution is 2.42. The molecule has 4 aromatic rings. The van der Waals surface area contributed by atoms with E-state index in [0.29, 0.717) is 28.0 Å². The summed E-state index contributed by atoms with van der Waals surface area (Å²) in [4.78, 5) is 31.5. The molecule has 5 rings (SSSR count). The molecular weight excluding hydrogens is 446 g/mol. The van der Waals surface area contributed by atoms with Gasteiger partial charge in [-0.3, -0.25) is 14.7 Å². The molecular formula is C26H29N5O2S. The molecule has 1 aliphatic rings. The zero-order chi connectivity index (χ0) is 24.0. The Kier molecular flexibility index (Phi) is 5.56. The number of pyridine rings is 1. The first-order valence-corrected chi connectivity index (χ1v) is 12.5. The number of thiophene rings is 1. The van der Waals surface area contributed by atoms with Crippen molar-refractivity contribution >= 4 is 39.0 Å². The minimum atomic E-state index is -0.357. The number of carbonyl (C=O) groups excluding carboxylic acids is 1. The summed E-state index contributed by atoms with van der Waals surface area (Å²) in [7, 11) is 0. The number of amides is 1. The third-order valence-electron chi connectivity index (χ3n) is 7.29. The molecule has 0 fully saturated rings. The Morgan fingerprint density at radius 1 is 1.29 bits per heavy atom. The number of fused-ring (bicyclic) bond motifs is 2. The van der Waals surface area contributed by atoms with Crippen LogP contribution in [-0.2, 0) is 12.8 Å². The van der Waals surface area contributed by atoms with Gasteiger partial charge in [-0.25, -0.2) is 9.67 Å². The molecule has 1 aromatic carbocycles. The van der Waals surface area contributed by atoms with Crippen molar-refractivity contribution in [1.82, 2.24) is 14.8 Å². The average molecular weight is 476 g/mol. The van der Waals surface area contributed by atoms with Gasteiger partial charge in [0.2, 0.25) is 0 Å². The van der Waals surface area contributed by atoms with Crippen LogP contribution in [0.3, 0.4) is 0 Å². The molecule has 7 nitrogen and oxygen atoms in total. The predicted octanol–water partition coefficient (Wildman–Crippen LogP) is 5.15. The van der Waals surface area contributed by atoms with Crippen molar-refractivity contribution in [2.24, 2.45) is 11.3 Å². The average Bonchev–Trinajstić information content (AvgIpc) is 3.36. The molecule has 1 aliphatic carbocycles. The molecule has 0 aliphatic heterocycles. The Morgan fingerprint density at radius 2 is 2.06 bits per heavy atom. The molecule has 34 heavy (non-hydrogen) atoms. The van der Waals surface area contributed by atoms with Crippen molar-refractivity contribution in [3.8, 4) is 5.69 Å². The monoisotopic (exact) mass is 475 g/mol. The second kappa shape index (κ2) is 8.43. The van der Waals surface area contributed by atoms with Crippen LogP contribution in [0.1, 0.15) is 54.5 Å². The summed E-state index contributed by atoms with van der Waals surface area (Å²) in [6.45, 7) is 6.93. The molecule has 4 N–H and O–H groups in total. The fourth-order valence-corrected chi connectivity index (χ4v) is 5.71. The molecule has 176 valence electrons. The molecule has 8 heteroatoms. The number of H-pyrrole nitrogens is 1. The van der Waals surface area contributed by atoms with Gasteiger partial charge in [0.25, 0.3) is 11.5 Å². The first-order valence-electron chi connectivity index (χ1n) is 11.7. The van der Waals surface area contributed by atoms with Gasteiger partial charge in [0.1, 0.15) is 15.5 Å². The minimum Gasteiger partial charge on any atom is -0.397 e. The Bertz CT molecular complexity index is 1430. The number of nitrogens with zero attached hydrogens (tertiary/aromatic N) is 2. The lowest BCUT2D eigenvalue weighted by atomic mass is 9.69. The van der Waals surface area contributed by atoms with Gasteiger partial charge in [-0.05, 0) is 54.4 Å². The van der Waals surface area contributed by atoms with Crippen LogP contribution >= 0.6 is 11.3 Å². The topological polar surface area (TPSA) is 106 Å². The van der Waals surface area contributed by atoms with E-state index in [1.807, 2.05) is 30.3 Å². The third-order valence-corrected chi connectivity index (χ3v) is 8.41. The van der Waals surface area contributed by atoms with Gasteiger partial charge in [-0.2, -0.15) is 0 Å². The summed E-state index contributed by atoms with van der Waals surface area (Å²) in [5.41, 5.74) is 9.94. The lowest BCUT2D eigenvalue weighted by Crippen LogP contribution is -2.29. The number of nitrogens with two attached hydrogens (primary N) is 1. The fraction of sp³-hybridized carbons (Fsp3) is 0.346. The molecule has 0 saturated heterocycles. The summed E-state index contributed by atoms with van der Waals surface area (Å²) >= 11 is 1.30. The highest BCUT2D eigenvalue weighted by Gasteiger charge is 2.32. The van der Waals surface area contributed by atoms with Crippen LogP contribution in [-0.4, -0.2) is 20.7 Å². The van der Waals surface area contributed by atoms with Gasteiger partial charge in [-0.15, -0.1) is 11.3 Å². The van der Waals surface area contributed by atoms with E-state index in [0.717, 1.165) is 41.6 Å². The quantitative estimate of drug-likeness (QED) is 0.371. The molecule has 1 atom stereocenters. The second-order valence-electron chi connectivity index (χ2n) is 9.71. The Balaban J connectivity index is 1.42. The normalized spacial score (nSPS) is 15.9. The zero-order valence-corrected chi connectivity index (χ0v) is 20.5. The fourth-order valence-electron chi connectivity index (χ4n) is 4.72. The highest BCUT2D eigenvalue weighted by molar-refractivity contribution is 7.21. The SMILES string of the molecule is CCC(C)(C)C1CCc2nc3sc(C(=O)Nc4cc(=O)n(-c5ccccc5)[nH]4)c(N)c3cc2C1. The van der Waals surface area contributed by atoms with Crippen LogP contribution in [0.15, 0.2) is 47.3 Å². The summed E-state index contributed by atoms with van der Waals surface area (Å²) in [6.07, 6.45) is 4.21. The molecule has 0 bridgehead atoms. The van der Waals surface area contributed by atoms with E-state index >= 15 is 0 Å². The van der Waals surface area contributed by atoms with Gasteiger partial charge in [0.15, 0.2) is 0 Å². The highest BCUT2D eigenvalue weighted by atomic mass is 32.1.